The van der Waals surface area contributed by atoms with Crippen molar-refractivity contribution in [2.45, 2.75) is 105 Å². The van der Waals surface area contributed by atoms with Crippen LogP contribution < -0.4 is 14.2 Å². The average Bonchev–Trinajstić information content (AvgIpc) is 4.28. The van der Waals surface area contributed by atoms with E-state index in [1.165, 1.54) is 48.3 Å². The molecule has 2 saturated heterocycles. The highest BCUT2D eigenvalue weighted by molar-refractivity contribution is 6.07. The molecule has 4 fully saturated rings. The van der Waals surface area contributed by atoms with Crippen LogP contribution in [0.2, 0.25) is 0 Å². The van der Waals surface area contributed by atoms with Gasteiger partial charge >= 0.3 is 11.9 Å². The number of rotatable bonds is 28. The highest BCUT2D eigenvalue weighted by Gasteiger charge is 2.59. The first kappa shape index (κ1) is 56.9. The lowest BCUT2D eigenvalue weighted by Gasteiger charge is -2.20. The van der Waals surface area contributed by atoms with Crippen molar-refractivity contribution < 1.29 is 52.5 Å². The second kappa shape index (κ2) is 26.9. The Morgan fingerprint density at radius 3 is 1.45 bits per heavy atom. The van der Waals surface area contributed by atoms with E-state index in [4.69, 9.17) is 23.7 Å². The fraction of sp³-hybridized carbons (Fsp3) is 0.446. The molecule has 8 unspecified atom stereocenters. The number of benzene rings is 4. The summed E-state index contributed by atoms with van der Waals surface area (Å²) in [6, 6.07) is 26.1. The van der Waals surface area contributed by atoms with Gasteiger partial charge in [-0.3, -0.25) is 29.0 Å². The third-order valence-corrected chi connectivity index (χ3v) is 16.3. The maximum Gasteiger partial charge on any atom is 0.338 e. The van der Waals surface area contributed by atoms with Gasteiger partial charge in [-0.05, 0) is 116 Å². The summed E-state index contributed by atoms with van der Waals surface area (Å²) in [6.07, 6.45) is 17.9. The maximum absolute atomic E-state index is 14.2. The lowest BCUT2D eigenvalue weighted by Crippen LogP contribution is -2.36. The molecule has 4 amide bonds. The number of amides is 4. The average molecular weight is 1060 g/mol. The van der Waals surface area contributed by atoms with Crippen molar-refractivity contribution in [2.24, 2.45) is 47.3 Å². The molecule has 0 radical (unpaired) electrons. The Labute approximate surface area is 460 Å². The number of allylic oxidation sites excluding steroid dienone is 4. The summed E-state index contributed by atoms with van der Waals surface area (Å²) in [5.41, 5.74) is 5.01. The van der Waals surface area contributed by atoms with E-state index in [1.807, 2.05) is 93.6 Å². The molecule has 412 valence electrons. The highest BCUT2D eigenvalue weighted by atomic mass is 16.5. The molecule has 2 aliphatic carbocycles. The zero-order valence-corrected chi connectivity index (χ0v) is 45.8. The lowest BCUT2D eigenvalue weighted by molar-refractivity contribution is -0.143. The zero-order chi connectivity index (χ0) is 55.3. The van der Waals surface area contributed by atoms with Gasteiger partial charge in [-0.25, -0.2) is 9.59 Å². The van der Waals surface area contributed by atoms with E-state index in [9.17, 15) is 28.8 Å². The first-order chi connectivity index (χ1) is 37.8. The van der Waals surface area contributed by atoms with E-state index in [0.29, 0.717) is 54.4 Å². The Bertz CT molecular complexity index is 2840. The van der Waals surface area contributed by atoms with Gasteiger partial charge in [0, 0.05) is 0 Å². The van der Waals surface area contributed by atoms with E-state index < -0.39 is 35.6 Å². The fourth-order valence-electron chi connectivity index (χ4n) is 11.9. The Morgan fingerprint density at radius 1 is 0.526 bits per heavy atom. The number of ether oxygens (including phenoxy) is 5. The number of aryl methyl sites for hydroxylation is 2. The van der Waals surface area contributed by atoms with Gasteiger partial charge in [0.1, 0.15) is 32.2 Å². The number of unbranched alkanes of at least 4 members (excludes halogenated alkanes) is 7. The van der Waals surface area contributed by atoms with Crippen LogP contribution in [-0.2, 0) is 41.9 Å². The molecule has 0 spiro atoms. The molecule has 0 N–H and O–H groups in total. The Balaban J connectivity index is 0.856. The van der Waals surface area contributed by atoms with Crippen molar-refractivity contribution in [3.63, 3.8) is 0 Å². The third-order valence-electron chi connectivity index (χ3n) is 16.3. The molecule has 13 nitrogen and oxygen atoms in total. The SMILES string of the molecule is C=CC1CC(/C=C\C2CC(C=C)C3C(=O)N(CCOC(=O)c4cc(C)c(OCc5ccccc5)c(OCc5ccccc5)c4)C(=O)C23)C2C(=O)N(CCOC(=O)c3cc(C)c(C)c(OCCCCCCCCCC)c3)C(=O)C12. The topological polar surface area (TPSA) is 155 Å². The molecule has 2 saturated carbocycles. The minimum atomic E-state index is -0.669. The molecular weight excluding hydrogens is 985 g/mol. The van der Waals surface area contributed by atoms with Crippen molar-refractivity contribution in [2.75, 3.05) is 32.9 Å². The minimum Gasteiger partial charge on any atom is -0.493 e. The normalized spacial score (nSPS) is 22.5. The molecule has 2 aliphatic heterocycles. The quantitative estimate of drug-likeness (QED) is 0.0231. The van der Waals surface area contributed by atoms with Crippen LogP contribution in [0.1, 0.15) is 120 Å². The van der Waals surface area contributed by atoms with Gasteiger partial charge in [-0.2, -0.15) is 0 Å². The molecular formula is C65H76N2O11. The van der Waals surface area contributed by atoms with Crippen molar-refractivity contribution in [1.29, 1.82) is 0 Å². The predicted molar refractivity (Wildman–Crippen MR) is 297 cm³/mol. The summed E-state index contributed by atoms with van der Waals surface area (Å²) in [5.74, 6) is -4.81. The van der Waals surface area contributed by atoms with E-state index >= 15 is 0 Å². The first-order valence-electron chi connectivity index (χ1n) is 28.0. The van der Waals surface area contributed by atoms with Crippen molar-refractivity contribution in [3.05, 3.63) is 161 Å². The van der Waals surface area contributed by atoms with E-state index in [0.717, 1.165) is 35.1 Å². The summed E-state index contributed by atoms with van der Waals surface area (Å²) >= 11 is 0. The molecule has 4 aliphatic rings. The molecule has 0 bridgehead atoms. The molecule has 2 heterocycles. The molecule has 13 heteroatoms. The molecule has 8 rings (SSSR count). The monoisotopic (exact) mass is 1060 g/mol. The summed E-state index contributed by atoms with van der Waals surface area (Å²) in [7, 11) is 0. The van der Waals surface area contributed by atoms with Gasteiger partial charge in [0.25, 0.3) is 0 Å². The van der Waals surface area contributed by atoms with Crippen LogP contribution in [0.15, 0.2) is 122 Å². The van der Waals surface area contributed by atoms with E-state index in [1.54, 1.807) is 36.4 Å². The van der Waals surface area contributed by atoms with E-state index in [-0.39, 0.29) is 85.8 Å². The summed E-state index contributed by atoms with van der Waals surface area (Å²) in [6.45, 7) is 16.4. The van der Waals surface area contributed by atoms with Crippen LogP contribution in [-0.4, -0.2) is 78.3 Å². The number of carbonyl (C=O) groups is 6. The van der Waals surface area contributed by atoms with Gasteiger partial charge in [0.15, 0.2) is 11.5 Å². The number of carbonyl (C=O) groups excluding carboxylic acids is 6. The van der Waals surface area contributed by atoms with Gasteiger partial charge in [0.2, 0.25) is 23.6 Å². The van der Waals surface area contributed by atoms with Crippen LogP contribution in [0.3, 0.4) is 0 Å². The summed E-state index contributed by atoms with van der Waals surface area (Å²) in [4.78, 5) is 85.7. The predicted octanol–water partition coefficient (Wildman–Crippen LogP) is 11.7. The van der Waals surface area contributed by atoms with Crippen molar-refractivity contribution in [1.82, 2.24) is 9.80 Å². The number of hydrogen-bond donors (Lipinski definition) is 0. The Morgan fingerprint density at radius 2 is 0.962 bits per heavy atom. The number of nitrogens with zero attached hydrogens (tertiary/aromatic N) is 2. The van der Waals surface area contributed by atoms with Crippen LogP contribution in [0.4, 0.5) is 0 Å². The van der Waals surface area contributed by atoms with E-state index in [2.05, 4.69) is 20.1 Å². The lowest BCUT2D eigenvalue weighted by atomic mass is 9.86. The largest absolute Gasteiger partial charge is 0.493 e. The van der Waals surface area contributed by atoms with Gasteiger partial charge < -0.3 is 23.7 Å². The van der Waals surface area contributed by atoms with Crippen LogP contribution >= 0.6 is 0 Å². The number of fused-ring (bicyclic) bond motifs is 2. The third kappa shape index (κ3) is 13.2. The fourth-order valence-corrected chi connectivity index (χ4v) is 11.9. The van der Waals surface area contributed by atoms with Crippen LogP contribution in [0, 0.1) is 68.1 Å². The molecule has 8 atom stereocenters. The van der Waals surface area contributed by atoms with Gasteiger partial charge in [0.05, 0.1) is 54.5 Å². The second-order valence-electron chi connectivity index (χ2n) is 21.4. The number of likely N-dealkylation sites (tertiary alicyclic amines) is 2. The molecule has 78 heavy (non-hydrogen) atoms. The molecule has 4 aromatic carbocycles. The zero-order valence-electron chi connectivity index (χ0n) is 45.8. The smallest absolute Gasteiger partial charge is 0.338 e. The standard InChI is InChI=1S/C65H76N2O11/c1-7-10-11-12-13-14-15-22-31-74-53-38-51(34-42(4)44(53)6)64(72)75-32-29-66-60(68)55-47(8-2)36-49(57(55)62(66)70)27-28-50-37-48(9-3)56-58(50)63(71)67(61(56)69)30-33-76-65(73)52-35-43(5)59(78-41-46-25-20-17-21-26-46)54(39-52)77-40-45-23-18-16-19-24-45/h8-9,16-21,23-28,34-35,38-39,47-50,55-58H,2-3,7,10-15,22,29-33,36-37,40-41H2,1,4-6H3/b28-27-. The maximum atomic E-state index is 14.2. The Kier molecular flexibility index (Phi) is 19.6. The highest BCUT2D eigenvalue weighted by Crippen LogP contribution is 2.51. The number of imide groups is 2. The second-order valence-corrected chi connectivity index (χ2v) is 21.4. The van der Waals surface area contributed by atoms with Crippen LogP contribution in [0.5, 0.6) is 17.2 Å². The minimum absolute atomic E-state index is 0.0845. The summed E-state index contributed by atoms with van der Waals surface area (Å²) < 4.78 is 30.0. The van der Waals surface area contributed by atoms with Crippen molar-refractivity contribution in [3.8, 4) is 17.2 Å². The number of esters is 2. The molecule has 0 aromatic heterocycles. The number of hydrogen-bond acceptors (Lipinski definition) is 11. The molecule has 4 aromatic rings. The van der Waals surface area contributed by atoms with Crippen molar-refractivity contribution >= 4 is 35.6 Å². The first-order valence-corrected chi connectivity index (χ1v) is 28.0. The van der Waals surface area contributed by atoms with Gasteiger partial charge in [-0.15, -0.1) is 13.2 Å². The van der Waals surface area contributed by atoms with Crippen LogP contribution in [0.25, 0.3) is 0 Å². The Hall–Kier alpha value is -7.28. The van der Waals surface area contributed by atoms with Gasteiger partial charge in [-0.1, -0.05) is 137 Å². The summed E-state index contributed by atoms with van der Waals surface area (Å²) in [5, 5.41) is 0.